The molecule has 0 heterocycles. The molecule has 0 saturated heterocycles. The Morgan fingerprint density at radius 2 is 0.643 bits per heavy atom. The van der Waals surface area contributed by atoms with E-state index in [-0.39, 0.29) is 105 Å². The van der Waals surface area contributed by atoms with Gasteiger partial charge in [0.2, 0.25) is 13.6 Å². The molecule has 0 amide bonds. The van der Waals surface area contributed by atoms with Crippen molar-refractivity contribution in [3.63, 3.8) is 0 Å². The molecule has 10 rings (SSSR count). The maximum absolute atomic E-state index is 6.53. The van der Waals surface area contributed by atoms with Crippen LogP contribution in [0.25, 0.3) is 54.9 Å². The fourth-order valence-electron chi connectivity index (χ4n) is 9.08. The van der Waals surface area contributed by atoms with Gasteiger partial charge in [-0.25, -0.2) is 0 Å². The van der Waals surface area contributed by atoms with Crippen molar-refractivity contribution < 1.29 is 103 Å². The largest absolute Gasteiger partial charge is 0.468 e. The van der Waals surface area contributed by atoms with Crippen molar-refractivity contribution in [2.24, 2.45) is 0 Å². The van der Waals surface area contributed by atoms with Crippen LogP contribution in [0.4, 0.5) is 0 Å². The third kappa shape index (κ3) is 13.4. The summed E-state index contributed by atoms with van der Waals surface area (Å²) in [4.78, 5) is 0. The van der Waals surface area contributed by atoms with Crippen molar-refractivity contribution in [3.8, 4) is 67.9 Å². The molecular formula is C60H56O8Y2-2. The molecule has 0 bridgehead atoms. The maximum Gasteiger partial charge on any atom is 0.230 e. The van der Waals surface area contributed by atoms with Crippen LogP contribution >= 0.6 is 0 Å². The van der Waals surface area contributed by atoms with E-state index in [0.29, 0.717) is 23.0 Å². The van der Waals surface area contributed by atoms with E-state index in [1.54, 1.807) is 0 Å². The third-order valence-corrected chi connectivity index (χ3v) is 12.8. The van der Waals surface area contributed by atoms with Crippen LogP contribution < -0.4 is 28.4 Å². The predicted molar refractivity (Wildman–Crippen MR) is 269 cm³/mol. The summed E-state index contributed by atoms with van der Waals surface area (Å²) in [5, 5.41) is 4.23. The summed E-state index contributed by atoms with van der Waals surface area (Å²) in [6.07, 6.45) is 14.0. The zero-order valence-electron chi connectivity index (χ0n) is 39.4. The van der Waals surface area contributed by atoms with Gasteiger partial charge in [-0.15, -0.1) is 0 Å². The van der Waals surface area contributed by atoms with Crippen LogP contribution in [0.2, 0.25) is 0 Å². The minimum atomic E-state index is 0. The molecule has 0 atom stereocenters. The van der Waals surface area contributed by atoms with Crippen molar-refractivity contribution in [3.05, 3.63) is 183 Å². The molecule has 8 aromatic rings. The zero-order chi connectivity index (χ0) is 45.7. The smallest absolute Gasteiger partial charge is 0.230 e. The molecule has 2 aliphatic rings. The van der Waals surface area contributed by atoms with Gasteiger partial charge in [0.05, 0.1) is 12.2 Å². The van der Waals surface area contributed by atoms with Gasteiger partial charge in [0.25, 0.3) is 0 Å². The minimum absolute atomic E-state index is 0. The molecule has 352 valence electrons. The van der Waals surface area contributed by atoms with Crippen molar-refractivity contribution in [2.45, 2.75) is 63.6 Å². The summed E-state index contributed by atoms with van der Waals surface area (Å²) in [5.41, 5.74) is 6.14. The number of rotatable bonds is 19. The average molecular weight is 1080 g/mol. The maximum atomic E-state index is 6.53. The van der Waals surface area contributed by atoms with Crippen molar-refractivity contribution in [2.75, 3.05) is 27.2 Å². The van der Waals surface area contributed by atoms with Crippen LogP contribution in [-0.2, 0) is 74.9 Å². The van der Waals surface area contributed by atoms with E-state index in [9.17, 15) is 0 Å². The van der Waals surface area contributed by atoms with Crippen LogP contribution in [-0.4, -0.2) is 39.4 Å². The number of benzene rings is 8. The Morgan fingerprint density at radius 3 is 0.986 bits per heavy atom. The monoisotopic (exact) mass is 1080 g/mol. The van der Waals surface area contributed by atoms with E-state index in [1.807, 2.05) is 84.9 Å². The standard InChI is InChI=1S/C60H56O8.2Y/c1-3-13-49(14-4-1)61-39-63-51-29-19-43(20-30-51)45-23-33-53(34-24-45)65-41-67-57-37-27-47-11-7-9-17-55(47)59(57)60-56-18-10-8-12-48(56)28-38-58(60)68-42-66-54-35-25-46(26-36-54)44-21-31-52(32-22-44)64-40-62-50-15-5-2-6-16-50;;/h1-2,7-12,17-38,49-50H,3-6,13-16,39-42H2;;/q-2;;. The van der Waals surface area contributed by atoms with Gasteiger partial charge < -0.3 is 50.7 Å². The first-order valence-electron chi connectivity index (χ1n) is 23.8. The van der Waals surface area contributed by atoms with Gasteiger partial charge in [-0.3, -0.25) is 0 Å². The Bertz CT molecular complexity index is 2660. The Kier molecular flexibility index (Phi) is 19.2. The van der Waals surface area contributed by atoms with E-state index in [0.717, 1.165) is 118 Å². The average Bonchev–Trinajstić information content (AvgIpc) is 3.40. The number of hydrogen-bond donors (Lipinski definition) is 0. The van der Waals surface area contributed by atoms with Gasteiger partial charge in [-0.2, -0.15) is 25.7 Å². The third-order valence-electron chi connectivity index (χ3n) is 12.8. The van der Waals surface area contributed by atoms with E-state index < -0.39 is 0 Å². The van der Waals surface area contributed by atoms with E-state index in [4.69, 9.17) is 37.9 Å². The van der Waals surface area contributed by atoms with Gasteiger partial charge in [-0.05, 0) is 104 Å². The summed E-state index contributed by atoms with van der Waals surface area (Å²) in [5.74, 6) is 4.33. The second-order valence-electron chi connectivity index (χ2n) is 17.2. The van der Waals surface area contributed by atoms with Crippen LogP contribution in [0.1, 0.15) is 51.4 Å². The molecule has 0 N–H and O–H groups in total. The molecule has 10 heteroatoms. The summed E-state index contributed by atoms with van der Waals surface area (Å²) < 4.78 is 49.0. The topological polar surface area (TPSA) is 73.8 Å². The van der Waals surface area contributed by atoms with Crippen LogP contribution in [0.5, 0.6) is 34.5 Å². The first kappa shape index (κ1) is 51.6. The van der Waals surface area contributed by atoms with Gasteiger partial charge in [0, 0.05) is 76.5 Å². The summed E-state index contributed by atoms with van der Waals surface area (Å²) in [7, 11) is 0. The van der Waals surface area contributed by atoms with E-state index >= 15 is 0 Å². The Labute approximate surface area is 462 Å². The molecule has 8 aromatic carbocycles. The molecule has 2 fully saturated rings. The van der Waals surface area contributed by atoms with Gasteiger partial charge in [0.1, 0.15) is 34.5 Å². The van der Waals surface area contributed by atoms with Crippen molar-refractivity contribution in [1.29, 1.82) is 0 Å². The predicted octanol–water partition coefficient (Wildman–Crippen LogP) is 14.8. The Balaban J connectivity index is 0.00000329. The molecule has 2 saturated carbocycles. The van der Waals surface area contributed by atoms with Gasteiger partial charge in [0.15, 0.2) is 13.6 Å². The zero-order valence-corrected chi connectivity index (χ0v) is 45.1. The molecule has 0 aliphatic heterocycles. The van der Waals surface area contributed by atoms with Gasteiger partial charge >= 0.3 is 0 Å². The van der Waals surface area contributed by atoms with Crippen LogP contribution in [0, 0.1) is 12.8 Å². The van der Waals surface area contributed by atoms with Gasteiger partial charge in [-0.1, -0.05) is 135 Å². The summed E-state index contributed by atoms with van der Waals surface area (Å²) >= 11 is 0. The Morgan fingerprint density at radius 1 is 0.329 bits per heavy atom. The summed E-state index contributed by atoms with van der Waals surface area (Å²) in [6, 6.07) is 57.1. The van der Waals surface area contributed by atoms with Crippen LogP contribution in [0.15, 0.2) is 170 Å². The fraction of sp³-hybridized carbons (Fsp3) is 0.233. The number of hydrogen-bond acceptors (Lipinski definition) is 8. The summed E-state index contributed by atoms with van der Waals surface area (Å²) in [6.45, 7) is 0.548. The van der Waals surface area contributed by atoms with Crippen molar-refractivity contribution >= 4 is 21.5 Å². The molecule has 0 aromatic heterocycles. The molecule has 0 spiro atoms. The quantitative estimate of drug-likeness (QED) is 0.0586. The van der Waals surface area contributed by atoms with Crippen LogP contribution in [0.3, 0.4) is 0 Å². The first-order chi connectivity index (χ1) is 33.7. The van der Waals surface area contributed by atoms with E-state index in [1.165, 1.54) is 0 Å². The molecule has 2 aliphatic carbocycles. The molecule has 70 heavy (non-hydrogen) atoms. The Hall–Kier alpha value is -4.79. The normalized spacial score (nSPS) is 14.0. The second-order valence-corrected chi connectivity index (χ2v) is 17.2. The molecule has 2 radical (unpaired) electrons. The first-order valence-corrected chi connectivity index (χ1v) is 23.8. The SMILES string of the molecule is [Y].[Y].c1ccc2c(-c3c(OCOc4ccc(-c5ccc(OCOC6CC[CH-]CC6)cc5)cc4)ccc4ccccc34)c(OCOc3ccc(-c4ccc(OCOC5CC[CH-]CC5)cc4)cc3)ccc2c1. The minimum Gasteiger partial charge on any atom is -0.468 e. The number of fused-ring (bicyclic) bond motifs is 2. The van der Waals surface area contributed by atoms with Crippen molar-refractivity contribution in [1.82, 2.24) is 0 Å². The number of ether oxygens (including phenoxy) is 8. The molecule has 0 unspecified atom stereocenters. The fourth-order valence-corrected chi connectivity index (χ4v) is 9.08. The van der Waals surface area contributed by atoms with E-state index in [2.05, 4.69) is 97.8 Å². The second kappa shape index (κ2) is 26.1. The molecular weight excluding hydrogens is 1030 g/mol. The molecule has 8 nitrogen and oxygen atoms in total.